The van der Waals surface area contributed by atoms with E-state index in [9.17, 15) is 4.79 Å². The predicted molar refractivity (Wildman–Crippen MR) is 80.5 cm³/mol. The number of carbonyl (C=O) groups is 1. The zero-order chi connectivity index (χ0) is 14.7. The van der Waals surface area contributed by atoms with E-state index in [2.05, 4.69) is 10.4 Å². The van der Waals surface area contributed by atoms with Crippen LogP contribution >= 0.6 is 0 Å². The van der Waals surface area contributed by atoms with Gasteiger partial charge in [0, 0.05) is 24.5 Å². The van der Waals surface area contributed by atoms with Gasteiger partial charge in [-0.25, -0.2) is 0 Å². The van der Waals surface area contributed by atoms with E-state index in [1.807, 2.05) is 35.9 Å². The first-order valence-corrected chi connectivity index (χ1v) is 7.31. The lowest BCUT2D eigenvalue weighted by Crippen LogP contribution is -2.11. The van der Waals surface area contributed by atoms with Crippen LogP contribution in [0.25, 0.3) is 0 Å². The highest BCUT2D eigenvalue weighted by Crippen LogP contribution is 2.30. The van der Waals surface area contributed by atoms with Crippen molar-refractivity contribution in [2.24, 2.45) is 5.92 Å². The highest BCUT2D eigenvalue weighted by molar-refractivity contribution is 6.04. The molecule has 1 heterocycles. The van der Waals surface area contributed by atoms with Crippen molar-refractivity contribution in [3.8, 4) is 5.75 Å². The second-order valence-electron chi connectivity index (χ2n) is 5.31. The first kappa shape index (κ1) is 13.7. The van der Waals surface area contributed by atoms with Crippen LogP contribution in [0, 0.1) is 5.92 Å². The van der Waals surface area contributed by atoms with Gasteiger partial charge in [0.25, 0.3) is 5.91 Å². The number of anilines is 1. The fourth-order valence-corrected chi connectivity index (χ4v) is 2.18. The molecule has 0 aliphatic heterocycles. The van der Waals surface area contributed by atoms with Crippen LogP contribution in [0.5, 0.6) is 5.75 Å². The number of hydrogen-bond donors (Lipinski definition) is 1. The molecular formula is C16H19N3O2. The quantitative estimate of drug-likeness (QED) is 0.887. The first-order valence-electron chi connectivity index (χ1n) is 7.31. The summed E-state index contributed by atoms with van der Waals surface area (Å²) in [7, 11) is 0. The Morgan fingerprint density at radius 1 is 1.48 bits per heavy atom. The fraction of sp³-hybridized carbons (Fsp3) is 0.375. The van der Waals surface area contributed by atoms with Gasteiger partial charge in [0.1, 0.15) is 5.75 Å². The van der Waals surface area contributed by atoms with Gasteiger partial charge in [-0.05, 0) is 37.8 Å². The molecule has 5 heteroatoms. The summed E-state index contributed by atoms with van der Waals surface area (Å²) in [4.78, 5) is 12.2. The zero-order valence-electron chi connectivity index (χ0n) is 12.1. The minimum atomic E-state index is -0.148. The Balaban J connectivity index is 1.64. The van der Waals surface area contributed by atoms with Gasteiger partial charge in [0.05, 0.1) is 18.4 Å². The molecule has 0 spiro atoms. The molecule has 2 aromatic rings. The Bertz CT molecular complexity index is 632. The van der Waals surface area contributed by atoms with Crippen LogP contribution in [0.3, 0.4) is 0 Å². The van der Waals surface area contributed by atoms with Gasteiger partial charge < -0.3 is 10.1 Å². The minimum Gasteiger partial charge on any atom is -0.494 e. The van der Waals surface area contributed by atoms with Crippen molar-refractivity contribution in [3.63, 3.8) is 0 Å². The van der Waals surface area contributed by atoms with Crippen LogP contribution in [0.15, 0.2) is 36.7 Å². The molecule has 1 aromatic heterocycles. The molecule has 0 unspecified atom stereocenters. The molecule has 1 aliphatic rings. The average Bonchev–Trinajstić information content (AvgIpc) is 3.15. The molecule has 1 saturated carbocycles. The summed E-state index contributed by atoms with van der Waals surface area (Å²) >= 11 is 0. The van der Waals surface area contributed by atoms with Crippen molar-refractivity contribution >= 4 is 11.6 Å². The van der Waals surface area contributed by atoms with E-state index in [1.54, 1.807) is 12.4 Å². The van der Waals surface area contributed by atoms with E-state index < -0.39 is 0 Å². The van der Waals surface area contributed by atoms with Gasteiger partial charge >= 0.3 is 0 Å². The van der Waals surface area contributed by atoms with Crippen molar-refractivity contribution in [1.82, 2.24) is 9.78 Å². The summed E-state index contributed by atoms with van der Waals surface area (Å²) in [6, 6.07) is 7.38. The van der Waals surface area contributed by atoms with Crippen molar-refractivity contribution in [3.05, 3.63) is 42.2 Å². The molecule has 0 atom stereocenters. The standard InChI is InChI=1S/C16H19N3O2/c1-2-21-15-5-3-4-14(8-15)18-16(20)13-9-17-19(11-13)10-12-6-7-12/h3-5,8-9,11-12H,2,6-7,10H2,1H3,(H,18,20). The van der Waals surface area contributed by atoms with E-state index >= 15 is 0 Å². The average molecular weight is 285 g/mol. The smallest absolute Gasteiger partial charge is 0.258 e. The third-order valence-electron chi connectivity index (χ3n) is 3.44. The monoisotopic (exact) mass is 285 g/mol. The van der Waals surface area contributed by atoms with Gasteiger partial charge in [0.15, 0.2) is 0 Å². The Morgan fingerprint density at radius 2 is 2.33 bits per heavy atom. The summed E-state index contributed by atoms with van der Waals surface area (Å²) < 4.78 is 7.27. The van der Waals surface area contributed by atoms with E-state index in [0.29, 0.717) is 12.2 Å². The van der Waals surface area contributed by atoms with Crippen LogP contribution in [0.4, 0.5) is 5.69 Å². The fourth-order valence-electron chi connectivity index (χ4n) is 2.18. The van der Waals surface area contributed by atoms with Gasteiger partial charge in [-0.2, -0.15) is 5.10 Å². The molecule has 0 bridgehead atoms. The number of nitrogens with zero attached hydrogens (tertiary/aromatic N) is 2. The third kappa shape index (κ3) is 3.62. The molecule has 1 aromatic carbocycles. The number of nitrogens with one attached hydrogen (secondary N) is 1. The normalized spacial score (nSPS) is 14.0. The second kappa shape index (κ2) is 5.99. The summed E-state index contributed by atoms with van der Waals surface area (Å²) in [5.41, 5.74) is 1.30. The molecule has 110 valence electrons. The van der Waals surface area contributed by atoms with Crippen molar-refractivity contribution in [2.45, 2.75) is 26.3 Å². The van der Waals surface area contributed by atoms with Crippen LogP contribution in [-0.4, -0.2) is 22.3 Å². The molecule has 0 saturated heterocycles. The SMILES string of the molecule is CCOc1cccc(NC(=O)c2cnn(CC3CC3)c2)c1. The van der Waals surface area contributed by atoms with Gasteiger partial charge in [-0.1, -0.05) is 6.07 Å². The molecule has 1 aliphatic carbocycles. The summed E-state index contributed by atoms with van der Waals surface area (Å²) in [5.74, 6) is 1.34. The summed E-state index contributed by atoms with van der Waals surface area (Å²) in [6.07, 6.45) is 5.96. The number of benzene rings is 1. The maximum Gasteiger partial charge on any atom is 0.258 e. The van der Waals surface area contributed by atoms with Crippen LogP contribution < -0.4 is 10.1 Å². The lowest BCUT2D eigenvalue weighted by Gasteiger charge is -2.07. The van der Waals surface area contributed by atoms with Crippen LogP contribution in [-0.2, 0) is 6.54 Å². The van der Waals surface area contributed by atoms with E-state index in [4.69, 9.17) is 4.74 Å². The first-order chi connectivity index (χ1) is 10.2. The molecule has 1 N–H and O–H groups in total. The van der Waals surface area contributed by atoms with Crippen molar-refractivity contribution < 1.29 is 9.53 Å². The number of aromatic nitrogens is 2. The van der Waals surface area contributed by atoms with Gasteiger partial charge in [0.2, 0.25) is 0 Å². The maximum atomic E-state index is 12.2. The number of ether oxygens (including phenoxy) is 1. The number of hydrogen-bond acceptors (Lipinski definition) is 3. The van der Waals surface area contributed by atoms with Crippen molar-refractivity contribution in [2.75, 3.05) is 11.9 Å². The minimum absolute atomic E-state index is 0.148. The Hall–Kier alpha value is -2.30. The highest BCUT2D eigenvalue weighted by atomic mass is 16.5. The maximum absolute atomic E-state index is 12.2. The van der Waals surface area contributed by atoms with Gasteiger partial charge in [-0.3, -0.25) is 9.48 Å². The highest BCUT2D eigenvalue weighted by Gasteiger charge is 2.22. The van der Waals surface area contributed by atoms with Gasteiger partial charge in [-0.15, -0.1) is 0 Å². The number of carbonyl (C=O) groups excluding carboxylic acids is 1. The summed E-state index contributed by atoms with van der Waals surface area (Å²) in [5, 5.41) is 7.10. The molecule has 1 fully saturated rings. The Morgan fingerprint density at radius 3 is 3.10 bits per heavy atom. The molecule has 21 heavy (non-hydrogen) atoms. The van der Waals surface area contributed by atoms with Crippen LogP contribution in [0.1, 0.15) is 30.1 Å². The van der Waals surface area contributed by atoms with Crippen molar-refractivity contribution in [1.29, 1.82) is 0 Å². The largest absolute Gasteiger partial charge is 0.494 e. The van der Waals surface area contributed by atoms with E-state index in [0.717, 1.165) is 23.9 Å². The van der Waals surface area contributed by atoms with E-state index in [1.165, 1.54) is 12.8 Å². The topological polar surface area (TPSA) is 56.1 Å². The zero-order valence-corrected chi connectivity index (χ0v) is 12.1. The Labute approximate surface area is 123 Å². The summed E-state index contributed by atoms with van der Waals surface area (Å²) in [6.45, 7) is 3.44. The number of rotatable bonds is 6. The molecule has 1 amide bonds. The third-order valence-corrected chi connectivity index (χ3v) is 3.44. The lowest BCUT2D eigenvalue weighted by molar-refractivity contribution is 0.102. The second-order valence-corrected chi connectivity index (χ2v) is 5.31. The molecule has 3 rings (SSSR count). The lowest BCUT2D eigenvalue weighted by atomic mass is 10.2. The molecule has 0 radical (unpaired) electrons. The van der Waals surface area contributed by atoms with Crippen LogP contribution in [0.2, 0.25) is 0 Å². The van der Waals surface area contributed by atoms with E-state index in [-0.39, 0.29) is 5.91 Å². The molecular weight excluding hydrogens is 266 g/mol. The molecule has 5 nitrogen and oxygen atoms in total. The number of amides is 1. The predicted octanol–water partition coefficient (Wildman–Crippen LogP) is 2.94. The Kier molecular flexibility index (Phi) is 3.90.